The van der Waals surface area contributed by atoms with Gasteiger partial charge in [-0.1, -0.05) is 12.2 Å². The van der Waals surface area contributed by atoms with Gasteiger partial charge < -0.3 is 9.47 Å². The number of amides is 2. The van der Waals surface area contributed by atoms with Crippen LogP contribution < -0.4 is 4.74 Å². The summed E-state index contributed by atoms with van der Waals surface area (Å²) in [5.41, 5.74) is 0.720. The minimum atomic E-state index is -0.428. The molecule has 1 aromatic rings. The SMILES string of the molecule is CCOC(=O)COc1ccc(/C=N\N2C(=O)[C@@H]3[C@H](C2=O)[C@H]2C=C[C@H]3C2)cc1. The number of imide groups is 1. The van der Waals surface area contributed by atoms with Gasteiger partial charge in [-0.05, 0) is 55.0 Å². The minimum absolute atomic E-state index is 0.156. The van der Waals surface area contributed by atoms with Crippen LogP contribution in [0.3, 0.4) is 0 Å². The van der Waals surface area contributed by atoms with Crippen LogP contribution in [0.15, 0.2) is 41.5 Å². The maximum atomic E-state index is 12.6. The zero-order valence-electron chi connectivity index (χ0n) is 14.9. The number of ether oxygens (including phenoxy) is 2. The molecule has 1 heterocycles. The van der Waals surface area contributed by atoms with Crippen LogP contribution in [0.1, 0.15) is 18.9 Å². The third kappa shape index (κ3) is 3.13. The van der Waals surface area contributed by atoms with E-state index >= 15 is 0 Å². The van der Waals surface area contributed by atoms with Gasteiger partial charge in [0, 0.05) is 0 Å². The fourth-order valence-electron chi connectivity index (χ4n) is 4.12. The molecule has 0 aromatic heterocycles. The molecule has 7 heteroatoms. The summed E-state index contributed by atoms with van der Waals surface area (Å²) in [6.45, 7) is 1.89. The molecule has 2 fully saturated rings. The van der Waals surface area contributed by atoms with E-state index in [4.69, 9.17) is 9.47 Å². The summed E-state index contributed by atoms with van der Waals surface area (Å²) >= 11 is 0. The molecule has 1 aromatic carbocycles. The molecule has 0 N–H and O–H groups in total. The highest BCUT2D eigenvalue weighted by atomic mass is 16.6. The van der Waals surface area contributed by atoms with Gasteiger partial charge in [0.2, 0.25) is 0 Å². The molecule has 0 radical (unpaired) electrons. The van der Waals surface area contributed by atoms with Gasteiger partial charge in [0.25, 0.3) is 11.8 Å². The maximum Gasteiger partial charge on any atom is 0.344 e. The van der Waals surface area contributed by atoms with E-state index in [1.807, 2.05) is 0 Å². The number of esters is 1. The average Bonchev–Trinajstić information content (AvgIpc) is 3.34. The molecular weight excluding hydrogens is 348 g/mol. The second kappa shape index (κ2) is 6.98. The van der Waals surface area contributed by atoms with Gasteiger partial charge in [0.05, 0.1) is 24.7 Å². The minimum Gasteiger partial charge on any atom is -0.482 e. The van der Waals surface area contributed by atoms with Crippen molar-refractivity contribution in [2.75, 3.05) is 13.2 Å². The number of carbonyl (C=O) groups excluding carboxylic acids is 3. The van der Waals surface area contributed by atoms with Crippen LogP contribution in [0.4, 0.5) is 0 Å². The van der Waals surface area contributed by atoms with Crippen molar-refractivity contribution in [3.8, 4) is 5.75 Å². The standard InChI is InChI=1S/C20H20N2O5/c1-2-26-16(23)11-27-15-7-3-12(4-8-15)10-21-22-19(24)17-13-5-6-14(9-13)18(17)20(22)25/h3-8,10,13-14,17-18H,2,9,11H2,1H3/b21-10-/t13-,14-,17-,18+/m0/s1. The first-order chi connectivity index (χ1) is 13.1. The van der Waals surface area contributed by atoms with E-state index in [1.54, 1.807) is 31.2 Å². The molecule has 2 aliphatic carbocycles. The second-order valence-electron chi connectivity index (χ2n) is 6.90. The Balaban J connectivity index is 1.38. The van der Waals surface area contributed by atoms with Crippen molar-refractivity contribution in [2.45, 2.75) is 13.3 Å². The second-order valence-corrected chi connectivity index (χ2v) is 6.90. The van der Waals surface area contributed by atoms with Crippen LogP contribution in [0.25, 0.3) is 0 Å². The van der Waals surface area contributed by atoms with Gasteiger partial charge in [-0.2, -0.15) is 10.1 Å². The zero-order chi connectivity index (χ0) is 19.0. The van der Waals surface area contributed by atoms with Gasteiger partial charge in [-0.15, -0.1) is 0 Å². The number of rotatable bonds is 6. The highest BCUT2D eigenvalue weighted by Crippen LogP contribution is 2.52. The first-order valence-electron chi connectivity index (χ1n) is 9.07. The molecule has 7 nitrogen and oxygen atoms in total. The molecule has 1 aliphatic heterocycles. The third-order valence-corrected chi connectivity index (χ3v) is 5.31. The lowest BCUT2D eigenvalue weighted by atomic mass is 9.85. The highest BCUT2D eigenvalue weighted by Gasteiger charge is 2.59. The molecule has 27 heavy (non-hydrogen) atoms. The number of allylic oxidation sites excluding steroid dienone is 2. The number of fused-ring (bicyclic) bond motifs is 5. The summed E-state index contributed by atoms with van der Waals surface area (Å²) in [7, 11) is 0. The molecule has 2 amide bonds. The monoisotopic (exact) mass is 368 g/mol. The maximum absolute atomic E-state index is 12.6. The van der Waals surface area contributed by atoms with Crippen LogP contribution in [0.5, 0.6) is 5.75 Å². The number of nitrogens with zero attached hydrogens (tertiary/aromatic N) is 2. The van der Waals surface area contributed by atoms with Gasteiger partial charge in [0.1, 0.15) is 5.75 Å². The van der Waals surface area contributed by atoms with Crippen molar-refractivity contribution in [2.24, 2.45) is 28.8 Å². The fourth-order valence-corrected chi connectivity index (χ4v) is 4.12. The first-order valence-corrected chi connectivity index (χ1v) is 9.07. The van der Waals surface area contributed by atoms with Gasteiger partial charge in [0.15, 0.2) is 6.61 Å². The molecule has 2 bridgehead atoms. The molecule has 4 atom stereocenters. The van der Waals surface area contributed by atoms with Gasteiger partial charge in [-0.25, -0.2) is 4.79 Å². The van der Waals surface area contributed by atoms with E-state index < -0.39 is 5.97 Å². The smallest absolute Gasteiger partial charge is 0.344 e. The number of hydrogen-bond acceptors (Lipinski definition) is 6. The molecule has 3 aliphatic rings. The van der Waals surface area contributed by atoms with E-state index in [0.717, 1.165) is 17.0 Å². The van der Waals surface area contributed by atoms with Crippen molar-refractivity contribution < 1.29 is 23.9 Å². The Kier molecular flexibility index (Phi) is 4.51. The fraction of sp³-hybridized carbons (Fsp3) is 0.400. The summed E-state index contributed by atoms with van der Waals surface area (Å²) in [6.07, 6.45) is 6.50. The molecule has 0 spiro atoms. The number of carbonyl (C=O) groups is 3. The topological polar surface area (TPSA) is 85.3 Å². The van der Waals surface area contributed by atoms with Crippen LogP contribution in [-0.4, -0.2) is 42.2 Å². The lowest BCUT2D eigenvalue weighted by molar-refractivity contribution is -0.145. The number of hydrogen-bond donors (Lipinski definition) is 0. The van der Waals surface area contributed by atoms with E-state index in [9.17, 15) is 14.4 Å². The van der Waals surface area contributed by atoms with Crippen LogP contribution in [0.2, 0.25) is 0 Å². The van der Waals surface area contributed by atoms with Crippen molar-refractivity contribution in [1.82, 2.24) is 5.01 Å². The zero-order valence-corrected chi connectivity index (χ0v) is 14.9. The summed E-state index contributed by atoms with van der Waals surface area (Å²) < 4.78 is 10.1. The lowest BCUT2D eigenvalue weighted by Gasteiger charge is -2.13. The van der Waals surface area contributed by atoms with E-state index in [2.05, 4.69) is 17.3 Å². The van der Waals surface area contributed by atoms with Crippen molar-refractivity contribution >= 4 is 24.0 Å². The normalized spacial score (nSPS) is 28.3. The molecule has 4 rings (SSSR count). The molecule has 1 saturated heterocycles. The lowest BCUT2D eigenvalue weighted by Crippen LogP contribution is -2.28. The van der Waals surface area contributed by atoms with E-state index in [-0.39, 0.29) is 42.1 Å². The Morgan fingerprint density at radius 2 is 1.78 bits per heavy atom. The van der Waals surface area contributed by atoms with Crippen molar-refractivity contribution in [3.05, 3.63) is 42.0 Å². The Morgan fingerprint density at radius 3 is 2.37 bits per heavy atom. The summed E-state index contributed by atoms with van der Waals surface area (Å²) in [5, 5.41) is 5.15. The molecule has 0 unspecified atom stereocenters. The third-order valence-electron chi connectivity index (χ3n) is 5.31. The van der Waals surface area contributed by atoms with E-state index in [1.165, 1.54) is 6.21 Å². The molecule has 140 valence electrons. The molecule has 1 saturated carbocycles. The predicted molar refractivity (Wildman–Crippen MR) is 95.7 cm³/mol. The van der Waals surface area contributed by atoms with Crippen molar-refractivity contribution in [3.63, 3.8) is 0 Å². The Labute approximate surface area is 156 Å². The summed E-state index contributed by atoms with van der Waals surface area (Å²) in [5.74, 6) is -0.458. The van der Waals surface area contributed by atoms with Crippen LogP contribution >= 0.6 is 0 Å². The van der Waals surface area contributed by atoms with Gasteiger partial charge >= 0.3 is 5.97 Å². The largest absolute Gasteiger partial charge is 0.482 e. The summed E-state index contributed by atoms with van der Waals surface area (Å²) in [4.78, 5) is 36.4. The highest BCUT2D eigenvalue weighted by molar-refractivity contribution is 6.06. The Morgan fingerprint density at radius 1 is 1.15 bits per heavy atom. The van der Waals surface area contributed by atoms with E-state index in [0.29, 0.717) is 12.4 Å². The molecular formula is C20H20N2O5. The number of hydrazone groups is 1. The quantitative estimate of drug-likeness (QED) is 0.331. The number of benzene rings is 1. The predicted octanol–water partition coefficient (Wildman–Crippen LogP) is 1.77. The van der Waals surface area contributed by atoms with Crippen LogP contribution in [-0.2, 0) is 19.1 Å². The Bertz CT molecular complexity index is 799. The van der Waals surface area contributed by atoms with Crippen LogP contribution in [0, 0.1) is 23.7 Å². The first kappa shape index (κ1) is 17.5. The summed E-state index contributed by atoms with van der Waals surface area (Å²) in [6, 6.07) is 6.85. The average molecular weight is 368 g/mol. The van der Waals surface area contributed by atoms with Gasteiger partial charge in [-0.3, -0.25) is 9.59 Å². The van der Waals surface area contributed by atoms with Crippen molar-refractivity contribution in [1.29, 1.82) is 0 Å². The Hall–Kier alpha value is -2.96.